The van der Waals surface area contributed by atoms with Crippen LogP contribution in [0.2, 0.25) is 0 Å². The van der Waals surface area contributed by atoms with E-state index >= 15 is 0 Å². The molecule has 0 aliphatic rings. The molecular formula is C7H18N2S2. The minimum Gasteiger partial charge on any atom is -0.371 e. The molecule has 0 fully saturated rings. The Balaban J connectivity index is 0. The van der Waals surface area contributed by atoms with E-state index < -0.39 is 0 Å². The van der Waals surface area contributed by atoms with Crippen molar-refractivity contribution < 1.29 is 0 Å². The van der Waals surface area contributed by atoms with Crippen molar-refractivity contribution in [3.05, 3.63) is 0 Å². The van der Waals surface area contributed by atoms with E-state index in [0.717, 1.165) is 13.0 Å². The standard InChI is InChI=1S/C4H9NS2.C3H9N/c1-2-3-5-4(6)7;1-4(2)3/h2-3H2,1H3,(H2,5,6,7);1-3H3. The second-order valence-corrected chi connectivity index (χ2v) is 3.73. The maximum absolute atomic E-state index is 4.61. The number of rotatable bonds is 2. The molecule has 0 aliphatic carbocycles. The van der Waals surface area contributed by atoms with Gasteiger partial charge in [-0.1, -0.05) is 19.1 Å². The zero-order valence-electron chi connectivity index (χ0n) is 7.72. The third-order valence-electron chi connectivity index (χ3n) is 0.526. The summed E-state index contributed by atoms with van der Waals surface area (Å²) in [7, 11) is 6.00. The fourth-order valence-electron chi connectivity index (χ4n) is 0.232. The molecular weight excluding hydrogens is 176 g/mol. The minimum atomic E-state index is 0.585. The zero-order chi connectivity index (χ0) is 9.28. The van der Waals surface area contributed by atoms with Gasteiger partial charge in [0.2, 0.25) is 0 Å². The van der Waals surface area contributed by atoms with E-state index in [1.165, 1.54) is 0 Å². The molecule has 0 aliphatic heterocycles. The normalized spacial score (nSPS) is 8.55. The maximum atomic E-state index is 4.61. The van der Waals surface area contributed by atoms with E-state index in [4.69, 9.17) is 0 Å². The summed E-state index contributed by atoms with van der Waals surface area (Å²) >= 11 is 8.47. The van der Waals surface area contributed by atoms with Crippen molar-refractivity contribution in [1.29, 1.82) is 0 Å². The predicted molar refractivity (Wildman–Crippen MR) is 59.5 cm³/mol. The maximum Gasteiger partial charge on any atom is 0.130 e. The lowest BCUT2D eigenvalue weighted by molar-refractivity contribution is 0.505. The van der Waals surface area contributed by atoms with Crippen molar-refractivity contribution in [2.75, 3.05) is 27.7 Å². The summed E-state index contributed by atoms with van der Waals surface area (Å²) < 4.78 is 0.585. The smallest absolute Gasteiger partial charge is 0.130 e. The Bertz CT molecular complexity index is 91.7. The third kappa shape index (κ3) is 38.9. The molecule has 0 aromatic rings. The summed E-state index contributed by atoms with van der Waals surface area (Å²) in [5, 5.41) is 2.89. The molecule has 2 nitrogen and oxygen atoms in total. The number of thiocarbonyl (C=S) groups is 1. The Kier molecular flexibility index (Phi) is 12.8. The van der Waals surface area contributed by atoms with Crippen LogP contribution in [0.4, 0.5) is 0 Å². The highest BCUT2D eigenvalue weighted by Crippen LogP contribution is 1.77. The van der Waals surface area contributed by atoms with Crippen molar-refractivity contribution in [2.45, 2.75) is 13.3 Å². The fourth-order valence-corrected chi connectivity index (χ4v) is 0.446. The van der Waals surface area contributed by atoms with Crippen LogP contribution in [0.5, 0.6) is 0 Å². The zero-order valence-corrected chi connectivity index (χ0v) is 9.43. The highest BCUT2D eigenvalue weighted by atomic mass is 32.1. The van der Waals surface area contributed by atoms with E-state index in [-0.39, 0.29) is 0 Å². The second-order valence-electron chi connectivity index (χ2n) is 2.57. The Hall–Kier alpha value is 0.200. The van der Waals surface area contributed by atoms with Crippen LogP contribution >= 0.6 is 24.8 Å². The first kappa shape index (κ1) is 13.8. The highest BCUT2D eigenvalue weighted by Gasteiger charge is 1.79. The van der Waals surface area contributed by atoms with Gasteiger partial charge in [-0.15, -0.1) is 12.6 Å². The van der Waals surface area contributed by atoms with E-state index in [2.05, 4.69) is 37.1 Å². The summed E-state index contributed by atoms with van der Waals surface area (Å²) in [5.74, 6) is 0. The van der Waals surface area contributed by atoms with Crippen LogP contribution in [0.25, 0.3) is 0 Å². The van der Waals surface area contributed by atoms with Crippen LogP contribution in [0, 0.1) is 0 Å². The molecule has 0 atom stereocenters. The number of nitrogens with zero attached hydrogens (tertiary/aromatic N) is 1. The molecule has 0 aromatic carbocycles. The van der Waals surface area contributed by atoms with Gasteiger partial charge in [0.05, 0.1) is 0 Å². The second kappa shape index (κ2) is 10.2. The van der Waals surface area contributed by atoms with Gasteiger partial charge in [0.1, 0.15) is 4.32 Å². The first-order chi connectivity index (χ1) is 5.00. The third-order valence-corrected chi connectivity index (χ3v) is 0.829. The fraction of sp³-hybridized carbons (Fsp3) is 0.857. The summed E-state index contributed by atoms with van der Waals surface area (Å²) in [6.45, 7) is 3.02. The average Bonchev–Trinajstić information content (AvgIpc) is 1.82. The number of thiol groups is 1. The van der Waals surface area contributed by atoms with Crippen LogP contribution in [0.15, 0.2) is 0 Å². The molecule has 0 saturated carbocycles. The quantitative estimate of drug-likeness (QED) is 0.510. The number of hydrogen-bond donors (Lipinski definition) is 2. The Morgan fingerprint density at radius 1 is 1.45 bits per heavy atom. The van der Waals surface area contributed by atoms with Crippen LogP contribution < -0.4 is 5.32 Å². The summed E-state index contributed by atoms with van der Waals surface area (Å²) in [5.41, 5.74) is 0. The summed E-state index contributed by atoms with van der Waals surface area (Å²) in [4.78, 5) is 2.00. The molecule has 11 heavy (non-hydrogen) atoms. The molecule has 0 unspecified atom stereocenters. The van der Waals surface area contributed by atoms with Crippen LogP contribution in [0.3, 0.4) is 0 Å². The van der Waals surface area contributed by atoms with Crippen LogP contribution in [-0.2, 0) is 0 Å². The lowest BCUT2D eigenvalue weighted by atomic mass is 10.5. The van der Waals surface area contributed by atoms with Crippen molar-refractivity contribution in [2.24, 2.45) is 0 Å². The molecule has 0 amide bonds. The Morgan fingerprint density at radius 2 is 1.82 bits per heavy atom. The molecule has 0 heterocycles. The van der Waals surface area contributed by atoms with Gasteiger partial charge in [-0.25, -0.2) is 0 Å². The van der Waals surface area contributed by atoms with Gasteiger partial charge in [-0.2, -0.15) is 0 Å². The molecule has 68 valence electrons. The lowest BCUT2D eigenvalue weighted by Gasteiger charge is -1.95. The number of nitrogens with one attached hydrogen (secondary N) is 1. The van der Waals surface area contributed by atoms with E-state index in [0.29, 0.717) is 4.32 Å². The van der Waals surface area contributed by atoms with Crippen LogP contribution in [-0.4, -0.2) is 36.9 Å². The van der Waals surface area contributed by atoms with E-state index in [1.54, 1.807) is 0 Å². The van der Waals surface area contributed by atoms with Gasteiger partial charge < -0.3 is 10.2 Å². The van der Waals surface area contributed by atoms with Crippen molar-refractivity contribution in [3.63, 3.8) is 0 Å². The van der Waals surface area contributed by atoms with Gasteiger partial charge in [0.25, 0.3) is 0 Å². The molecule has 4 heteroatoms. The minimum absolute atomic E-state index is 0.585. The number of hydrogen-bond acceptors (Lipinski definition) is 2. The molecule has 0 saturated heterocycles. The molecule has 0 radical (unpaired) electrons. The van der Waals surface area contributed by atoms with Gasteiger partial charge in [-0.3, -0.25) is 0 Å². The van der Waals surface area contributed by atoms with Gasteiger partial charge >= 0.3 is 0 Å². The molecule has 0 aromatic heterocycles. The predicted octanol–water partition coefficient (Wildman–Crippen LogP) is 1.38. The first-order valence-corrected chi connectivity index (χ1v) is 4.44. The van der Waals surface area contributed by atoms with Gasteiger partial charge in [-0.05, 0) is 27.6 Å². The topological polar surface area (TPSA) is 15.3 Å². The average molecular weight is 194 g/mol. The summed E-state index contributed by atoms with van der Waals surface area (Å²) in [6, 6.07) is 0. The summed E-state index contributed by atoms with van der Waals surface area (Å²) in [6.07, 6.45) is 1.10. The molecule has 0 rings (SSSR count). The van der Waals surface area contributed by atoms with E-state index in [1.807, 2.05) is 26.0 Å². The van der Waals surface area contributed by atoms with Crippen LogP contribution in [0.1, 0.15) is 13.3 Å². The highest BCUT2D eigenvalue weighted by molar-refractivity contribution is 8.11. The SMILES string of the molecule is CCCNC(=S)S.CN(C)C. The van der Waals surface area contributed by atoms with Gasteiger partial charge in [0.15, 0.2) is 0 Å². The van der Waals surface area contributed by atoms with E-state index in [9.17, 15) is 0 Å². The molecule has 0 spiro atoms. The molecule has 0 bridgehead atoms. The largest absolute Gasteiger partial charge is 0.371 e. The first-order valence-electron chi connectivity index (χ1n) is 3.58. The monoisotopic (exact) mass is 194 g/mol. The van der Waals surface area contributed by atoms with Crippen molar-refractivity contribution in [3.8, 4) is 0 Å². The molecule has 1 N–H and O–H groups in total. The Morgan fingerprint density at radius 3 is 1.91 bits per heavy atom. The van der Waals surface area contributed by atoms with Gasteiger partial charge in [0, 0.05) is 6.54 Å². The lowest BCUT2D eigenvalue weighted by Crippen LogP contribution is -2.16. The van der Waals surface area contributed by atoms with Crippen molar-refractivity contribution >= 4 is 29.2 Å². The Labute approximate surface area is 80.8 Å². The van der Waals surface area contributed by atoms with Crippen molar-refractivity contribution in [1.82, 2.24) is 10.2 Å².